The number of ether oxygens (including phenoxy) is 1. The highest BCUT2D eigenvalue weighted by atomic mass is 19.1. The van der Waals surface area contributed by atoms with E-state index in [2.05, 4.69) is 11.0 Å². The number of nitriles is 1. The van der Waals surface area contributed by atoms with Crippen LogP contribution in [0.1, 0.15) is 23.7 Å². The maximum Gasteiger partial charge on any atom is 0.244 e. The number of amides is 1. The first-order valence-electron chi connectivity index (χ1n) is 9.08. The van der Waals surface area contributed by atoms with Crippen LogP contribution >= 0.6 is 0 Å². The summed E-state index contributed by atoms with van der Waals surface area (Å²) in [5, 5.41) is 8.92. The summed E-state index contributed by atoms with van der Waals surface area (Å²) in [7, 11) is 0. The molecule has 27 heavy (non-hydrogen) atoms. The maximum atomic E-state index is 13.2. The van der Waals surface area contributed by atoms with Crippen LogP contribution in [0.2, 0.25) is 0 Å². The lowest BCUT2D eigenvalue weighted by atomic mass is 10.1. The van der Waals surface area contributed by atoms with Gasteiger partial charge in [-0.05, 0) is 48.4 Å². The average molecular weight is 365 g/mol. The van der Waals surface area contributed by atoms with Gasteiger partial charge in [-0.25, -0.2) is 4.39 Å². The van der Waals surface area contributed by atoms with Gasteiger partial charge < -0.3 is 9.64 Å². The topological polar surface area (TPSA) is 56.6 Å². The summed E-state index contributed by atoms with van der Waals surface area (Å²) >= 11 is 0. The van der Waals surface area contributed by atoms with Crippen LogP contribution in [-0.2, 0) is 9.53 Å². The van der Waals surface area contributed by atoms with Gasteiger partial charge in [-0.3, -0.25) is 9.69 Å². The normalized spacial score (nSPS) is 23.4. The number of morpholine rings is 1. The molecule has 1 amide bonds. The minimum absolute atomic E-state index is 0.0828. The molecular weight excluding hydrogens is 345 g/mol. The molecule has 2 unspecified atom stereocenters. The SMILES string of the molecule is N#Cc1ccc(N2CCC(N3CCOC(c4ccc(F)cc4)C3)C2=O)cc1. The van der Waals surface area contributed by atoms with E-state index in [0.717, 1.165) is 17.7 Å². The van der Waals surface area contributed by atoms with Gasteiger partial charge in [-0.2, -0.15) is 5.26 Å². The van der Waals surface area contributed by atoms with Gasteiger partial charge in [-0.1, -0.05) is 12.1 Å². The maximum absolute atomic E-state index is 13.2. The van der Waals surface area contributed by atoms with E-state index in [1.807, 2.05) is 12.1 Å². The summed E-state index contributed by atoms with van der Waals surface area (Å²) < 4.78 is 19.0. The van der Waals surface area contributed by atoms with Gasteiger partial charge >= 0.3 is 0 Å². The molecule has 2 aliphatic rings. The third-order valence-electron chi connectivity index (χ3n) is 5.27. The van der Waals surface area contributed by atoms with Crippen molar-refractivity contribution < 1.29 is 13.9 Å². The fourth-order valence-corrected chi connectivity index (χ4v) is 3.81. The van der Waals surface area contributed by atoms with Gasteiger partial charge in [0.15, 0.2) is 0 Å². The zero-order valence-electron chi connectivity index (χ0n) is 14.8. The lowest BCUT2D eigenvalue weighted by Gasteiger charge is -2.36. The van der Waals surface area contributed by atoms with Crippen molar-refractivity contribution >= 4 is 11.6 Å². The summed E-state index contributed by atoms with van der Waals surface area (Å²) in [5.74, 6) is -0.185. The predicted molar refractivity (Wildman–Crippen MR) is 98.6 cm³/mol. The molecule has 5 nitrogen and oxygen atoms in total. The molecule has 0 radical (unpaired) electrons. The summed E-state index contributed by atoms with van der Waals surface area (Å²) in [6.07, 6.45) is 0.603. The number of hydrogen-bond donors (Lipinski definition) is 0. The molecule has 0 bridgehead atoms. The zero-order valence-corrected chi connectivity index (χ0v) is 14.8. The lowest BCUT2D eigenvalue weighted by molar-refractivity contribution is -0.125. The molecule has 2 aromatic rings. The number of anilines is 1. The van der Waals surface area contributed by atoms with Gasteiger partial charge in [0.25, 0.3) is 0 Å². The second-order valence-corrected chi connectivity index (χ2v) is 6.86. The van der Waals surface area contributed by atoms with Crippen LogP contribution < -0.4 is 4.90 Å². The standard InChI is InChI=1S/C21H20FN3O2/c22-17-5-3-16(4-6-17)20-14-24(11-12-27-20)19-9-10-25(21(19)26)18-7-1-15(13-23)2-8-18/h1-8,19-20H,9-12,14H2. The molecule has 138 valence electrons. The summed E-state index contributed by atoms with van der Waals surface area (Å²) in [6.45, 7) is 2.52. The van der Waals surface area contributed by atoms with Crippen molar-refractivity contribution in [2.45, 2.75) is 18.6 Å². The van der Waals surface area contributed by atoms with Crippen molar-refractivity contribution in [3.8, 4) is 6.07 Å². The van der Waals surface area contributed by atoms with Crippen molar-refractivity contribution in [3.05, 3.63) is 65.5 Å². The minimum atomic E-state index is -0.268. The molecule has 0 spiro atoms. The van der Waals surface area contributed by atoms with E-state index in [4.69, 9.17) is 10.00 Å². The Bertz CT molecular complexity index is 860. The number of halogens is 1. The molecule has 2 fully saturated rings. The first kappa shape index (κ1) is 17.7. The fourth-order valence-electron chi connectivity index (χ4n) is 3.81. The van der Waals surface area contributed by atoms with Gasteiger partial charge in [0.05, 0.1) is 30.4 Å². The van der Waals surface area contributed by atoms with Crippen molar-refractivity contribution in [2.24, 2.45) is 0 Å². The van der Waals surface area contributed by atoms with Gasteiger partial charge in [0.1, 0.15) is 5.82 Å². The fraction of sp³-hybridized carbons (Fsp3) is 0.333. The molecule has 0 aliphatic carbocycles. The minimum Gasteiger partial charge on any atom is -0.371 e. The van der Waals surface area contributed by atoms with Crippen molar-refractivity contribution in [1.82, 2.24) is 4.90 Å². The number of carbonyl (C=O) groups excluding carboxylic acids is 1. The second-order valence-electron chi connectivity index (χ2n) is 6.86. The highest BCUT2D eigenvalue weighted by Gasteiger charge is 2.38. The van der Waals surface area contributed by atoms with Gasteiger partial charge in [0.2, 0.25) is 5.91 Å². The number of nitrogens with zero attached hydrogens (tertiary/aromatic N) is 3. The Morgan fingerprint density at radius 3 is 2.52 bits per heavy atom. The molecule has 2 atom stereocenters. The monoisotopic (exact) mass is 365 g/mol. The van der Waals surface area contributed by atoms with Crippen LogP contribution in [-0.4, -0.2) is 43.1 Å². The predicted octanol–water partition coefficient (Wildman–Crippen LogP) is 2.88. The Hall–Kier alpha value is -2.75. The van der Waals surface area contributed by atoms with E-state index >= 15 is 0 Å². The van der Waals surface area contributed by atoms with Crippen LogP contribution in [0.3, 0.4) is 0 Å². The third kappa shape index (κ3) is 3.57. The van der Waals surface area contributed by atoms with Crippen LogP contribution in [0, 0.1) is 17.1 Å². The van der Waals surface area contributed by atoms with Crippen LogP contribution in [0.25, 0.3) is 0 Å². The molecule has 2 saturated heterocycles. The average Bonchev–Trinajstić information content (AvgIpc) is 3.10. The Kier molecular flexibility index (Phi) is 4.88. The van der Waals surface area contributed by atoms with Crippen molar-refractivity contribution in [2.75, 3.05) is 31.1 Å². The Morgan fingerprint density at radius 2 is 1.81 bits per heavy atom. The lowest BCUT2D eigenvalue weighted by Crippen LogP contribution is -2.48. The van der Waals surface area contributed by atoms with E-state index in [1.54, 1.807) is 29.2 Å². The smallest absolute Gasteiger partial charge is 0.244 e. The number of carbonyl (C=O) groups is 1. The molecule has 2 aromatic carbocycles. The molecular formula is C21H20FN3O2. The molecule has 2 heterocycles. The second kappa shape index (κ2) is 7.47. The first-order chi connectivity index (χ1) is 13.2. The van der Waals surface area contributed by atoms with Crippen molar-refractivity contribution in [3.63, 3.8) is 0 Å². The molecule has 0 N–H and O–H groups in total. The molecule has 6 heteroatoms. The third-order valence-corrected chi connectivity index (χ3v) is 5.27. The quantitative estimate of drug-likeness (QED) is 0.839. The van der Waals surface area contributed by atoms with Crippen LogP contribution in [0.5, 0.6) is 0 Å². The molecule has 0 aromatic heterocycles. The summed E-state index contributed by atoms with van der Waals surface area (Å²) in [6, 6.07) is 15.4. The zero-order chi connectivity index (χ0) is 18.8. The number of benzene rings is 2. The van der Waals surface area contributed by atoms with E-state index in [0.29, 0.717) is 31.8 Å². The van der Waals surface area contributed by atoms with E-state index in [-0.39, 0.29) is 23.9 Å². The number of hydrogen-bond acceptors (Lipinski definition) is 4. The number of rotatable bonds is 3. The van der Waals surface area contributed by atoms with Crippen LogP contribution in [0.15, 0.2) is 48.5 Å². The first-order valence-corrected chi connectivity index (χ1v) is 9.08. The summed E-state index contributed by atoms with van der Waals surface area (Å²) in [4.78, 5) is 16.9. The van der Waals surface area contributed by atoms with Gasteiger partial charge in [-0.15, -0.1) is 0 Å². The van der Waals surface area contributed by atoms with E-state index in [1.165, 1.54) is 12.1 Å². The Labute approximate surface area is 157 Å². The van der Waals surface area contributed by atoms with Crippen molar-refractivity contribution in [1.29, 1.82) is 5.26 Å². The van der Waals surface area contributed by atoms with E-state index in [9.17, 15) is 9.18 Å². The molecule has 4 rings (SSSR count). The summed E-state index contributed by atoms with van der Waals surface area (Å²) in [5.41, 5.74) is 2.33. The van der Waals surface area contributed by atoms with Gasteiger partial charge in [0, 0.05) is 25.3 Å². The Morgan fingerprint density at radius 1 is 1.07 bits per heavy atom. The van der Waals surface area contributed by atoms with E-state index < -0.39 is 0 Å². The molecule has 0 saturated carbocycles. The largest absolute Gasteiger partial charge is 0.371 e. The highest BCUT2D eigenvalue weighted by molar-refractivity contribution is 5.99. The highest BCUT2D eigenvalue weighted by Crippen LogP contribution is 2.29. The van der Waals surface area contributed by atoms with Crippen LogP contribution in [0.4, 0.5) is 10.1 Å². The molecule has 2 aliphatic heterocycles. The Balaban J connectivity index is 1.46.